The number of aromatic carboxylic acids is 1. The molecular weight excluding hydrogens is 222 g/mol. The molecule has 1 aliphatic rings. The van der Waals surface area contributed by atoms with Crippen LogP contribution < -0.4 is 0 Å². The van der Waals surface area contributed by atoms with Gasteiger partial charge in [0.2, 0.25) is 5.76 Å². The van der Waals surface area contributed by atoms with Gasteiger partial charge in [0.25, 0.3) is 5.89 Å². The van der Waals surface area contributed by atoms with Crippen molar-refractivity contribution in [1.82, 2.24) is 4.98 Å². The fourth-order valence-corrected chi connectivity index (χ4v) is 1.81. The monoisotopic (exact) mass is 233 g/mol. The van der Waals surface area contributed by atoms with Gasteiger partial charge in [0.15, 0.2) is 5.76 Å². The van der Waals surface area contributed by atoms with Crippen LogP contribution >= 0.6 is 0 Å². The van der Waals surface area contributed by atoms with Gasteiger partial charge >= 0.3 is 5.97 Å². The summed E-state index contributed by atoms with van der Waals surface area (Å²) < 4.78 is 10.5. The zero-order chi connectivity index (χ0) is 12.0. The van der Waals surface area contributed by atoms with E-state index in [2.05, 4.69) is 4.98 Å². The molecule has 0 unspecified atom stereocenters. The minimum absolute atomic E-state index is 0.0571. The number of rotatable bonds is 3. The zero-order valence-corrected chi connectivity index (χ0v) is 9.27. The van der Waals surface area contributed by atoms with E-state index in [0.29, 0.717) is 11.5 Å². The molecule has 5 heteroatoms. The van der Waals surface area contributed by atoms with Crippen molar-refractivity contribution in [3.8, 4) is 11.7 Å². The van der Waals surface area contributed by atoms with Gasteiger partial charge < -0.3 is 13.9 Å². The van der Waals surface area contributed by atoms with Crippen LogP contribution in [0.2, 0.25) is 0 Å². The molecule has 0 saturated heterocycles. The highest BCUT2D eigenvalue weighted by molar-refractivity contribution is 5.86. The molecule has 0 spiro atoms. The Labute approximate surface area is 97.1 Å². The number of carboxylic acid groups (broad SMARTS) is 1. The van der Waals surface area contributed by atoms with E-state index in [9.17, 15) is 4.79 Å². The Morgan fingerprint density at radius 3 is 2.82 bits per heavy atom. The van der Waals surface area contributed by atoms with Crippen LogP contribution in [0.3, 0.4) is 0 Å². The SMILES string of the molecule is Cc1ccoc1-c1nc(C2CC2)c(C(=O)O)o1. The van der Waals surface area contributed by atoms with E-state index in [-0.39, 0.29) is 17.6 Å². The third-order valence-electron chi connectivity index (χ3n) is 2.87. The van der Waals surface area contributed by atoms with E-state index in [0.717, 1.165) is 18.4 Å². The summed E-state index contributed by atoms with van der Waals surface area (Å²) in [6.45, 7) is 1.86. The van der Waals surface area contributed by atoms with Crippen molar-refractivity contribution in [1.29, 1.82) is 0 Å². The average Bonchev–Trinajstić information content (AvgIpc) is 2.88. The number of aryl methyl sites for hydroxylation is 1. The molecule has 0 bridgehead atoms. The number of carboxylic acids is 1. The van der Waals surface area contributed by atoms with Crippen LogP contribution in [0.25, 0.3) is 11.7 Å². The number of oxazole rings is 1. The molecule has 2 aromatic rings. The molecule has 5 nitrogen and oxygen atoms in total. The second kappa shape index (κ2) is 3.48. The molecule has 1 aliphatic carbocycles. The van der Waals surface area contributed by atoms with Crippen molar-refractivity contribution < 1.29 is 18.7 Å². The van der Waals surface area contributed by atoms with E-state index >= 15 is 0 Å². The molecule has 0 amide bonds. The van der Waals surface area contributed by atoms with Crippen molar-refractivity contribution >= 4 is 5.97 Å². The molecule has 0 aromatic carbocycles. The quantitative estimate of drug-likeness (QED) is 0.881. The van der Waals surface area contributed by atoms with Gasteiger partial charge in [0, 0.05) is 11.5 Å². The molecule has 0 atom stereocenters. The Morgan fingerprint density at radius 1 is 1.53 bits per heavy atom. The first-order valence-corrected chi connectivity index (χ1v) is 5.45. The highest BCUT2D eigenvalue weighted by Gasteiger charge is 2.34. The predicted octanol–water partition coefficient (Wildman–Crippen LogP) is 2.82. The lowest BCUT2D eigenvalue weighted by atomic mass is 10.2. The minimum atomic E-state index is -1.07. The maximum atomic E-state index is 11.1. The number of hydrogen-bond acceptors (Lipinski definition) is 4. The third kappa shape index (κ3) is 1.63. The molecule has 1 saturated carbocycles. The van der Waals surface area contributed by atoms with E-state index < -0.39 is 5.97 Å². The maximum absolute atomic E-state index is 11.1. The highest BCUT2D eigenvalue weighted by Crippen LogP contribution is 2.42. The standard InChI is InChI=1S/C12H11NO4/c1-6-4-5-16-9(6)11-13-8(7-2-3-7)10(17-11)12(14)15/h4-5,7H,2-3H2,1H3,(H,14,15). The summed E-state index contributed by atoms with van der Waals surface area (Å²) in [6, 6.07) is 1.79. The Balaban J connectivity index is 2.10. The second-order valence-electron chi connectivity index (χ2n) is 4.25. The van der Waals surface area contributed by atoms with Crippen LogP contribution in [0.4, 0.5) is 0 Å². The first-order valence-electron chi connectivity index (χ1n) is 5.45. The number of nitrogens with zero attached hydrogens (tertiary/aromatic N) is 1. The van der Waals surface area contributed by atoms with Gasteiger partial charge in [-0.3, -0.25) is 0 Å². The van der Waals surface area contributed by atoms with E-state index in [4.69, 9.17) is 13.9 Å². The number of carbonyl (C=O) groups is 1. The minimum Gasteiger partial charge on any atom is -0.475 e. The molecule has 1 fully saturated rings. The summed E-state index contributed by atoms with van der Waals surface area (Å²) in [5, 5.41) is 9.06. The molecule has 0 aliphatic heterocycles. The van der Waals surface area contributed by atoms with Gasteiger partial charge in [-0.15, -0.1) is 0 Å². The second-order valence-corrected chi connectivity index (χ2v) is 4.25. The predicted molar refractivity (Wildman–Crippen MR) is 57.9 cm³/mol. The largest absolute Gasteiger partial charge is 0.475 e. The van der Waals surface area contributed by atoms with Gasteiger partial charge in [0.1, 0.15) is 0 Å². The topological polar surface area (TPSA) is 76.5 Å². The smallest absolute Gasteiger partial charge is 0.373 e. The lowest BCUT2D eigenvalue weighted by Gasteiger charge is -1.90. The molecule has 88 valence electrons. The van der Waals surface area contributed by atoms with E-state index in [1.165, 1.54) is 6.26 Å². The Hall–Kier alpha value is -2.04. The van der Waals surface area contributed by atoms with Crippen molar-refractivity contribution in [2.75, 3.05) is 0 Å². The van der Waals surface area contributed by atoms with Crippen molar-refractivity contribution in [3.05, 3.63) is 29.3 Å². The van der Waals surface area contributed by atoms with Gasteiger partial charge in [-0.25, -0.2) is 9.78 Å². The van der Waals surface area contributed by atoms with Crippen LogP contribution in [0, 0.1) is 6.92 Å². The van der Waals surface area contributed by atoms with Crippen LogP contribution in [0.5, 0.6) is 0 Å². The Kier molecular flexibility index (Phi) is 2.07. The molecular formula is C12H11NO4. The van der Waals surface area contributed by atoms with Gasteiger partial charge in [0.05, 0.1) is 12.0 Å². The van der Waals surface area contributed by atoms with Crippen LogP contribution in [0.1, 0.15) is 40.6 Å². The fraction of sp³-hybridized carbons (Fsp3) is 0.333. The van der Waals surface area contributed by atoms with Gasteiger partial charge in [-0.05, 0) is 25.8 Å². The lowest BCUT2D eigenvalue weighted by molar-refractivity contribution is 0.0661. The summed E-state index contributed by atoms with van der Waals surface area (Å²) in [4.78, 5) is 15.3. The summed E-state index contributed by atoms with van der Waals surface area (Å²) in [6.07, 6.45) is 3.49. The van der Waals surface area contributed by atoms with Gasteiger partial charge in [-0.1, -0.05) is 0 Å². The first-order chi connectivity index (χ1) is 8.16. The molecule has 17 heavy (non-hydrogen) atoms. The van der Waals surface area contributed by atoms with Crippen LogP contribution in [-0.2, 0) is 0 Å². The summed E-state index contributed by atoms with van der Waals surface area (Å²) in [7, 11) is 0. The number of furan rings is 1. The van der Waals surface area contributed by atoms with Crippen molar-refractivity contribution in [3.63, 3.8) is 0 Å². The van der Waals surface area contributed by atoms with Gasteiger partial charge in [-0.2, -0.15) is 0 Å². The van der Waals surface area contributed by atoms with Crippen LogP contribution in [-0.4, -0.2) is 16.1 Å². The van der Waals surface area contributed by atoms with E-state index in [1.54, 1.807) is 6.07 Å². The molecule has 0 radical (unpaired) electrons. The third-order valence-corrected chi connectivity index (χ3v) is 2.87. The molecule has 1 N–H and O–H groups in total. The molecule has 2 heterocycles. The van der Waals surface area contributed by atoms with Crippen molar-refractivity contribution in [2.24, 2.45) is 0 Å². The normalized spacial score (nSPS) is 15.1. The Morgan fingerprint density at radius 2 is 2.29 bits per heavy atom. The summed E-state index contributed by atoms with van der Waals surface area (Å²) >= 11 is 0. The first kappa shape index (κ1) is 10.1. The summed E-state index contributed by atoms with van der Waals surface area (Å²) in [5.41, 5.74) is 1.42. The highest BCUT2D eigenvalue weighted by atomic mass is 16.4. The Bertz CT molecular complexity index is 577. The maximum Gasteiger partial charge on any atom is 0.373 e. The van der Waals surface area contributed by atoms with E-state index in [1.807, 2.05) is 6.92 Å². The van der Waals surface area contributed by atoms with Crippen LogP contribution in [0.15, 0.2) is 21.2 Å². The lowest BCUT2D eigenvalue weighted by Crippen LogP contribution is -1.98. The summed E-state index contributed by atoms with van der Waals surface area (Å²) in [5.74, 6) is -0.145. The number of aromatic nitrogens is 1. The number of hydrogen-bond donors (Lipinski definition) is 1. The molecule has 2 aromatic heterocycles. The fourth-order valence-electron chi connectivity index (χ4n) is 1.81. The molecule has 3 rings (SSSR count). The zero-order valence-electron chi connectivity index (χ0n) is 9.27. The van der Waals surface area contributed by atoms with Crippen molar-refractivity contribution in [2.45, 2.75) is 25.7 Å². The average molecular weight is 233 g/mol.